The molecule has 0 bridgehead atoms. The summed E-state index contributed by atoms with van der Waals surface area (Å²) in [5.41, 5.74) is 1.79. The van der Waals surface area contributed by atoms with E-state index in [1.54, 1.807) is 0 Å². The van der Waals surface area contributed by atoms with Crippen molar-refractivity contribution >= 4 is 5.91 Å². The topological polar surface area (TPSA) is 61.8 Å². The first kappa shape index (κ1) is 18.9. The second-order valence-electron chi connectivity index (χ2n) is 7.27. The first-order valence-electron chi connectivity index (χ1n) is 8.78. The molecule has 1 fully saturated rings. The first-order valence-corrected chi connectivity index (χ1v) is 8.78. The monoisotopic (exact) mass is 334 g/mol. The highest BCUT2D eigenvalue weighted by Gasteiger charge is 2.16. The molecule has 1 aliphatic heterocycles. The van der Waals surface area contributed by atoms with E-state index in [2.05, 4.69) is 16.3 Å². The normalized spacial score (nSPS) is 16.1. The maximum atomic E-state index is 12.3. The van der Waals surface area contributed by atoms with Gasteiger partial charge in [-0.25, -0.2) is 0 Å². The predicted octanol–water partition coefficient (Wildman–Crippen LogP) is 2.05. The van der Waals surface area contributed by atoms with Crippen molar-refractivity contribution in [2.45, 2.75) is 33.2 Å². The summed E-state index contributed by atoms with van der Waals surface area (Å²) in [5, 5.41) is 12.2. The zero-order chi connectivity index (χ0) is 17.4. The number of amides is 1. The van der Waals surface area contributed by atoms with Crippen molar-refractivity contribution < 1.29 is 14.6 Å². The van der Waals surface area contributed by atoms with Crippen molar-refractivity contribution in [2.24, 2.45) is 5.41 Å². The zero-order valence-electron chi connectivity index (χ0n) is 14.9. The summed E-state index contributed by atoms with van der Waals surface area (Å²) >= 11 is 0. The summed E-state index contributed by atoms with van der Waals surface area (Å²) in [5.74, 6) is -0.0272. The fourth-order valence-electron chi connectivity index (χ4n) is 2.78. The molecule has 0 aliphatic carbocycles. The average Bonchev–Trinajstić information content (AvgIpc) is 2.60. The van der Waals surface area contributed by atoms with Gasteiger partial charge in [0, 0.05) is 38.3 Å². The van der Waals surface area contributed by atoms with Crippen LogP contribution < -0.4 is 5.32 Å². The average molecular weight is 334 g/mol. The number of nitrogens with zero attached hydrogens (tertiary/aromatic N) is 1. The second-order valence-corrected chi connectivity index (χ2v) is 7.27. The van der Waals surface area contributed by atoms with Gasteiger partial charge in [-0.05, 0) is 36.0 Å². The van der Waals surface area contributed by atoms with Gasteiger partial charge in [0.15, 0.2) is 0 Å². The van der Waals surface area contributed by atoms with Crippen LogP contribution in [0.3, 0.4) is 0 Å². The first-order chi connectivity index (χ1) is 11.5. The Morgan fingerprint density at radius 2 is 2.08 bits per heavy atom. The van der Waals surface area contributed by atoms with Gasteiger partial charge in [-0.15, -0.1) is 0 Å². The van der Waals surface area contributed by atoms with E-state index in [1.807, 2.05) is 32.0 Å². The third-order valence-electron chi connectivity index (χ3n) is 4.44. The molecule has 2 rings (SSSR count). The van der Waals surface area contributed by atoms with E-state index in [-0.39, 0.29) is 17.9 Å². The second kappa shape index (κ2) is 9.16. The van der Waals surface area contributed by atoms with Crippen molar-refractivity contribution in [3.63, 3.8) is 0 Å². The van der Waals surface area contributed by atoms with Crippen LogP contribution in [0.2, 0.25) is 0 Å². The minimum absolute atomic E-state index is 0.0272. The lowest BCUT2D eigenvalue weighted by atomic mass is 9.89. The van der Waals surface area contributed by atoms with E-state index in [1.165, 1.54) is 0 Å². The Labute approximate surface area is 145 Å². The summed E-state index contributed by atoms with van der Waals surface area (Å²) in [6.07, 6.45) is 1.76. The minimum Gasteiger partial charge on any atom is -0.396 e. The molecular formula is C19H30N2O3. The molecule has 134 valence electrons. The summed E-state index contributed by atoms with van der Waals surface area (Å²) in [7, 11) is 0. The van der Waals surface area contributed by atoms with Crippen LogP contribution in [-0.2, 0) is 11.3 Å². The molecule has 1 amide bonds. The molecule has 0 atom stereocenters. The highest BCUT2D eigenvalue weighted by molar-refractivity contribution is 5.94. The number of benzene rings is 1. The molecule has 2 N–H and O–H groups in total. The Balaban J connectivity index is 1.80. The minimum atomic E-state index is -0.0806. The van der Waals surface area contributed by atoms with Crippen LogP contribution in [0.5, 0.6) is 0 Å². The molecular weight excluding hydrogens is 304 g/mol. The maximum Gasteiger partial charge on any atom is 0.251 e. The predicted molar refractivity (Wildman–Crippen MR) is 95.0 cm³/mol. The molecule has 5 nitrogen and oxygen atoms in total. The summed E-state index contributed by atoms with van der Waals surface area (Å²) < 4.78 is 5.36. The van der Waals surface area contributed by atoms with E-state index in [0.717, 1.165) is 51.3 Å². The van der Waals surface area contributed by atoms with Crippen molar-refractivity contribution in [1.82, 2.24) is 10.2 Å². The van der Waals surface area contributed by atoms with Crippen LogP contribution in [0.1, 0.15) is 42.6 Å². The van der Waals surface area contributed by atoms with Gasteiger partial charge in [-0.3, -0.25) is 9.69 Å². The van der Waals surface area contributed by atoms with Crippen LogP contribution in [0, 0.1) is 5.41 Å². The molecule has 5 heteroatoms. The van der Waals surface area contributed by atoms with Crippen LogP contribution in [-0.4, -0.2) is 55.4 Å². The number of hydrogen-bond acceptors (Lipinski definition) is 4. The van der Waals surface area contributed by atoms with Gasteiger partial charge in [0.1, 0.15) is 0 Å². The van der Waals surface area contributed by atoms with Crippen LogP contribution >= 0.6 is 0 Å². The number of hydrogen-bond donors (Lipinski definition) is 2. The summed E-state index contributed by atoms with van der Waals surface area (Å²) in [6.45, 7) is 9.17. The van der Waals surface area contributed by atoms with Gasteiger partial charge < -0.3 is 15.2 Å². The Morgan fingerprint density at radius 1 is 1.33 bits per heavy atom. The Bertz CT molecular complexity index is 525. The molecule has 1 aliphatic rings. The molecule has 0 spiro atoms. The van der Waals surface area contributed by atoms with Crippen molar-refractivity contribution in [3.8, 4) is 0 Å². The lowest BCUT2D eigenvalue weighted by Crippen LogP contribution is -2.35. The number of carbonyl (C=O) groups is 1. The maximum absolute atomic E-state index is 12.3. The van der Waals surface area contributed by atoms with E-state index in [4.69, 9.17) is 4.74 Å². The number of carbonyl (C=O) groups excluding carboxylic acids is 1. The fourth-order valence-corrected chi connectivity index (χ4v) is 2.78. The molecule has 1 heterocycles. The number of aliphatic hydroxyl groups excluding tert-OH is 1. The molecule has 24 heavy (non-hydrogen) atoms. The fraction of sp³-hybridized carbons (Fsp3) is 0.632. The van der Waals surface area contributed by atoms with Crippen molar-refractivity contribution in [1.29, 1.82) is 0 Å². The van der Waals surface area contributed by atoms with Crippen molar-refractivity contribution in [2.75, 3.05) is 39.5 Å². The zero-order valence-corrected chi connectivity index (χ0v) is 14.9. The molecule has 0 saturated carbocycles. The SMILES string of the molecule is CC(C)(CO)CCCNC(=O)c1cccc(CN2CCOCC2)c1. The van der Waals surface area contributed by atoms with Gasteiger partial charge in [0.2, 0.25) is 0 Å². The number of morpholine rings is 1. The quantitative estimate of drug-likeness (QED) is 0.714. The van der Waals surface area contributed by atoms with E-state index < -0.39 is 0 Å². The molecule has 1 aromatic rings. The van der Waals surface area contributed by atoms with Crippen molar-refractivity contribution in [3.05, 3.63) is 35.4 Å². The van der Waals surface area contributed by atoms with E-state index in [0.29, 0.717) is 12.1 Å². The van der Waals surface area contributed by atoms with Crippen LogP contribution in [0.4, 0.5) is 0 Å². The smallest absolute Gasteiger partial charge is 0.251 e. The molecule has 0 radical (unpaired) electrons. The largest absolute Gasteiger partial charge is 0.396 e. The Kier molecular flexibility index (Phi) is 7.21. The number of rotatable bonds is 8. The van der Waals surface area contributed by atoms with Gasteiger partial charge in [0.25, 0.3) is 5.91 Å². The number of aliphatic hydroxyl groups is 1. The highest BCUT2D eigenvalue weighted by atomic mass is 16.5. The third kappa shape index (κ3) is 6.23. The van der Waals surface area contributed by atoms with Crippen LogP contribution in [0.15, 0.2) is 24.3 Å². The standard InChI is InChI=1S/C19H30N2O3/c1-19(2,15-22)7-4-8-20-18(23)17-6-3-5-16(13-17)14-21-9-11-24-12-10-21/h3,5-6,13,22H,4,7-12,14-15H2,1-2H3,(H,20,23). The van der Waals surface area contributed by atoms with Crippen LogP contribution in [0.25, 0.3) is 0 Å². The molecule has 0 aromatic heterocycles. The Morgan fingerprint density at radius 3 is 2.79 bits per heavy atom. The number of ether oxygens (including phenoxy) is 1. The number of nitrogens with one attached hydrogen (secondary N) is 1. The van der Waals surface area contributed by atoms with Gasteiger partial charge in [-0.2, -0.15) is 0 Å². The molecule has 0 unspecified atom stereocenters. The summed E-state index contributed by atoms with van der Waals surface area (Å²) in [6, 6.07) is 7.84. The highest BCUT2D eigenvalue weighted by Crippen LogP contribution is 2.20. The summed E-state index contributed by atoms with van der Waals surface area (Å²) in [4.78, 5) is 14.6. The molecule has 1 aromatic carbocycles. The third-order valence-corrected chi connectivity index (χ3v) is 4.44. The molecule has 1 saturated heterocycles. The van der Waals surface area contributed by atoms with Gasteiger partial charge >= 0.3 is 0 Å². The lowest BCUT2D eigenvalue weighted by Gasteiger charge is -2.26. The van der Waals surface area contributed by atoms with E-state index >= 15 is 0 Å². The lowest BCUT2D eigenvalue weighted by molar-refractivity contribution is 0.0342. The van der Waals surface area contributed by atoms with Gasteiger partial charge in [-0.1, -0.05) is 26.0 Å². The van der Waals surface area contributed by atoms with E-state index in [9.17, 15) is 9.90 Å². The van der Waals surface area contributed by atoms with Gasteiger partial charge in [0.05, 0.1) is 13.2 Å². The Hall–Kier alpha value is -1.43.